The molecule has 1 fully saturated rings. The Balaban J connectivity index is 1.58. The molecule has 0 radical (unpaired) electrons. The second kappa shape index (κ2) is 9.80. The molecule has 7 heteroatoms. The lowest BCUT2D eigenvalue weighted by Crippen LogP contribution is -2.39. The Morgan fingerprint density at radius 2 is 1.83 bits per heavy atom. The van der Waals surface area contributed by atoms with E-state index in [0.29, 0.717) is 6.54 Å². The first-order valence-electron chi connectivity index (χ1n) is 9.93. The smallest absolute Gasteiger partial charge is 0.244 e. The number of para-hydroxylation sites is 1. The van der Waals surface area contributed by atoms with E-state index in [-0.39, 0.29) is 36.7 Å². The Morgan fingerprint density at radius 1 is 1.17 bits per heavy atom. The van der Waals surface area contributed by atoms with Gasteiger partial charge in [0, 0.05) is 24.9 Å². The monoisotopic (exact) mass is 425 g/mol. The summed E-state index contributed by atoms with van der Waals surface area (Å²) in [6.07, 6.45) is 2.12. The Kier molecular flexibility index (Phi) is 7.15. The van der Waals surface area contributed by atoms with Crippen molar-refractivity contribution in [3.8, 4) is 0 Å². The van der Waals surface area contributed by atoms with Gasteiger partial charge >= 0.3 is 0 Å². The Hall–Kier alpha value is -2.80. The first-order valence-corrected chi connectivity index (χ1v) is 11.2. The lowest BCUT2D eigenvalue weighted by molar-refractivity contribution is -0.137. The quantitative estimate of drug-likeness (QED) is 0.690. The summed E-state index contributed by atoms with van der Waals surface area (Å²) in [5, 5.41) is 2.86. The number of thioether (sulfide) groups is 1. The van der Waals surface area contributed by atoms with E-state index in [9.17, 15) is 14.4 Å². The van der Waals surface area contributed by atoms with Crippen LogP contribution in [-0.2, 0) is 14.4 Å². The number of benzene rings is 2. The van der Waals surface area contributed by atoms with Gasteiger partial charge < -0.3 is 15.1 Å². The minimum atomic E-state index is -0.431. The largest absolute Gasteiger partial charge is 0.336 e. The molecule has 0 saturated carbocycles. The number of nitrogens with zero attached hydrogens (tertiary/aromatic N) is 2. The molecular formula is C23H27N3O3S. The van der Waals surface area contributed by atoms with Crippen molar-refractivity contribution < 1.29 is 14.4 Å². The van der Waals surface area contributed by atoms with Crippen LogP contribution in [0.25, 0.3) is 0 Å². The van der Waals surface area contributed by atoms with Crippen LogP contribution in [0, 0.1) is 5.92 Å². The number of anilines is 1. The molecule has 3 rings (SSSR count). The lowest BCUT2D eigenvalue weighted by Gasteiger charge is -2.26. The minimum Gasteiger partial charge on any atom is -0.336 e. The van der Waals surface area contributed by atoms with Gasteiger partial charge in [0.05, 0.1) is 24.2 Å². The van der Waals surface area contributed by atoms with Crippen molar-refractivity contribution in [1.82, 2.24) is 9.80 Å². The topological polar surface area (TPSA) is 69.7 Å². The number of carbonyl (C=O) groups is 3. The summed E-state index contributed by atoms with van der Waals surface area (Å²) in [7, 11) is 1.61. The molecular weight excluding hydrogens is 398 g/mol. The first-order chi connectivity index (χ1) is 14.4. The third-order valence-electron chi connectivity index (χ3n) is 5.40. The fourth-order valence-corrected chi connectivity index (χ4v) is 4.28. The number of likely N-dealkylation sites (tertiary alicyclic amines) is 1. The maximum absolute atomic E-state index is 12.9. The highest BCUT2D eigenvalue weighted by molar-refractivity contribution is 7.98. The standard InChI is InChI=1S/C23H27N3O3S/c1-16(17-9-5-4-6-10-17)26-14-18(13-22(26)28)23(29)25(2)15-21(27)24-19-11-7-8-12-20(19)30-3/h4-12,16,18H,13-15H2,1-3H3,(H,24,27)/t16-,18-/m1/s1. The van der Waals surface area contributed by atoms with Crippen molar-refractivity contribution in [1.29, 1.82) is 0 Å². The Morgan fingerprint density at radius 3 is 2.53 bits per heavy atom. The van der Waals surface area contributed by atoms with Crippen molar-refractivity contribution in [2.45, 2.75) is 24.3 Å². The molecule has 1 saturated heterocycles. The van der Waals surface area contributed by atoms with Gasteiger partial charge in [-0.15, -0.1) is 11.8 Å². The molecule has 2 atom stereocenters. The molecule has 158 valence electrons. The molecule has 2 aromatic carbocycles. The maximum Gasteiger partial charge on any atom is 0.244 e. The zero-order valence-corrected chi connectivity index (χ0v) is 18.3. The number of hydrogen-bond donors (Lipinski definition) is 1. The summed E-state index contributed by atoms with van der Waals surface area (Å²) in [5.41, 5.74) is 1.77. The summed E-state index contributed by atoms with van der Waals surface area (Å²) in [6.45, 7) is 2.29. The molecule has 6 nitrogen and oxygen atoms in total. The van der Waals surface area contributed by atoms with Crippen LogP contribution in [0.1, 0.15) is 24.9 Å². The van der Waals surface area contributed by atoms with Crippen molar-refractivity contribution >= 4 is 35.2 Å². The van der Waals surface area contributed by atoms with Crippen LogP contribution in [0.4, 0.5) is 5.69 Å². The SMILES string of the molecule is CSc1ccccc1NC(=O)CN(C)C(=O)[C@@H]1CC(=O)N([C@H](C)c2ccccc2)C1. The lowest BCUT2D eigenvalue weighted by atomic mass is 10.1. The minimum absolute atomic E-state index is 0.0311. The van der Waals surface area contributed by atoms with Crippen LogP contribution in [0.2, 0.25) is 0 Å². The van der Waals surface area contributed by atoms with Gasteiger partial charge in [0.1, 0.15) is 0 Å². The zero-order chi connectivity index (χ0) is 21.7. The normalized spacial score (nSPS) is 17.0. The highest BCUT2D eigenvalue weighted by atomic mass is 32.2. The van der Waals surface area contributed by atoms with Gasteiger partial charge in [0.2, 0.25) is 17.7 Å². The number of nitrogens with one attached hydrogen (secondary N) is 1. The van der Waals surface area contributed by atoms with Crippen molar-refractivity contribution in [3.63, 3.8) is 0 Å². The van der Waals surface area contributed by atoms with E-state index >= 15 is 0 Å². The molecule has 0 aromatic heterocycles. The molecule has 0 spiro atoms. The Labute approximate surface area is 181 Å². The number of rotatable bonds is 7. The third-order valence-corrected chi connectivity index (χ3v) is 6.19. The van der Waals surface area contributed by atoms with Crippen LogP contribution >= 0.6 is 11.8 Å². The number of carbonyl (C=O) groups excluding carboxylic acids is 3. The summed E-state index contributed by atoms with van der Waals surface area (Å²) < 4.78 is 0. The van der Waals surface area contributed by atoms with Gasteiger partial charge in [-0.25, -0.2) is 0 Å². The van der Waals surface area contributed by atoms with Crippen molar-refractivity contribution in [2.24, 2.45) is 5.92 Å². The predicted molar refractivity (Wildman–Crippen MR) is 119 cm³/mol. The van der Waals surface area contributed by atoms with E-state index in [4.69, 9.17) is 0 Å². The zero-order valence-electron chi connectivity index (χ0n) is 17.5. The fraction of sp³-hybridized carbons (Fsp3) is 0.348. The average Bonchev–Trinajstić information content (AvgIpc) is 3.15. The van der Waals surface area contributed by atoms with Gasteiger partial charge in [0.15, 0.2) is 0 Å². The molecule has 2 aromatic rings. The molecule has 0 unspecified atom stereocenters. The summed E-state index contributed by atoms with van der Waals surface area (Å²) in [4.78, 5) is 42.0. The van der Waals surface area contributed by atoms with E-state index in [0.717, 1.165) is 16.1 Å². The van der Waals surface area contributed by atoms with Crippen molar-refractivity contribution in [2.75, 3.05) is 31.7 Å². The maximum atomic E-state index is 12.9. The van der Waals surface area contributed by atoms with Crippen LogP contribution in [0.3, 0.4) is 0 Å². The van der Waals surface area contributed by atoms with Gasteiger partial charge in [-0.1, -0.05) is 42.5 Å². The summed E-state index contributed by atoms with van der Waals surface area (Å²) >= 11 is 1.55. The molecule has 0 bridgehead atoms. The second-order valence-corrected chi connectivity index (χ2v) is 8.32. The fourth-order valence-electron chi connectivity index (χ4n) is 3.73. The highest BCUT2D eigenvalue weighted by Gasteiger charge is 2.38. The van der Waals surface area contributed by atoms with Crippen LogP contribution in [-0.4, -0.2) is 53.9 Å². The molecule has 1 aliphatic rings. The van der Waals surface area contributed by atoms with Crippen LogP contribution in [0.15, 0.2) is 59.5 Å². The van der Waals surface area contributed by atoms with Gasteiger partial charge in [-0.2, -0.15) is 0 Å². The number of likely N-dealkylation sites (N-methyl/N-ethyl adjacent to an activating group) is 1. The van der Waals surface area contributed by atoms with E-state index in [1.807, 2.05) is 67.8 Å². The van der Waals surface area contributed by atoms with E-state index in [1.54, 1.807) is 23.7 Å². The van der Waals surface area contributed by atoms with Gasteiger partial charge in [0.25, 0.3) is 0 Å². The Bertz CT molecular complexity index is 919. The van der Waals surface area contributed by atoms with Crippen LogP contribution in [0.5, 0.6) is 0 Å². The molecule has 1 heterocycles. The molecule has 3 amide bonds. The van der Waals surface area contributed by atoms with Gasteiger partial charge in [-0.05, 0) is 30.9 Å². The van der Waals surface area contributed by atoms with Gasteiger partial charge in [-0.3, -0.25) is 14.4 Å². The first kappa shape index (κ1) is 21.9. The molecule has 1 aliphatic heterocycles. The second-order valence-electron chi connectivity index (χ2n) is 7.48. The van der Waals surface area contributed by atoms with Crippen molar-refractivity contribution in [3.05, 3.63) is 60.2 Å². The van der Waals surface area contributed by atoms with E-state index in [1.165, 1.54) is 4.90 Å². The molecule has 0 aliphatic carbocycles. The van der Waals surface area contributed by atoms with Crippen LogP contribution < -0.4 is 5.32 Å². The molecule has 30 heavy (non-hydrogen) atoms. The average molecular weight is 426 g/mol. The number of amides is 3. The summed E-state index contributed by atoms with van der Waals surface area (Å²) in [5.74, 6) is -0.901. The third kappa shape index (κ3) is 5.02. The highest BCUT2D eigenvalue weighted by Crippen LogP contribution is 2.29. The van der Waals surface area contributed by atoms with E-state index < -0.39 is 5.92 Å². The predicted octanol–water partition coefficient (Wildman–Crippen LogP) is 3.42. The molecule has 1 N–H and O–H groups in total. The number of hydrogen-bond acceptors (Lipinski definition) is 4. The van der Waals surface area contributed by atoms with E-state index in [2.05, 4.69) is 5.32 Å². The summed E-state index contributed by atoms with van der Waals surface area (Å²) in [6, 6.07) is 17.2.